The number of fused-ring (bicyclic) bond motifs is 1. The lowest BCUT2D eigenvalue weighted by Gasteiger charge is -2.31. The summed E-state index contributed by atoms with van der Waals surface area (Å²) in [5, 5.41) is 0. The Hall–Kier alpha value is -2.10. The van der Waals surface area contributed by atoms with E-state index in [0.717, 1.165) is 5.56 Å². The van der Waals surface area contributed by atoms with Crippen molar-refractivity contribution >= 4 is 17.8 Å². The van der Waals surface area contributed by atoms with Crippen LogP contribution in [0.2, 0.25) is 0 Å². The topological polar surface area (TPSA) is 52.6 Å². The summed E-state index contributed by atoms with van der Waals surface area (Å²) in [5.74, 6) is 0.363. The molecule has 0 N–H and O–H groups in total. The molecular formula is C15H16O4. The third-order valence-electron chi connectivity index (χ3n) is 2.94. The second-order valence-corrected chi connectivity index (χ2v) is 4.84. The second kappa shape index (κ2) is 4.88. The molecule has 0 radical (unpaired) electrons. The van der Waals surface area contributed by atoms with E-state index in [1.807, 2.05) is 19.1 Å². The lowest BCUT2D eigenvalue weighted by Crippen LogP contribution is -2.37. The highest BCUT2D eigenvalue weighted by molar-refractivity contribution is 5.95. The Morgan fingerprint density at radius 3 is 2.68 bits per heavy atom. The average Bonchev–Trinajstić information content (AvgIpc) is 2.36. The molecule has 4 nitrogen and oxygen atoms in total. The predicted molar refractivity (Wildman–Crippen MR) is 71.1 cm³/mol. The van der Waals surface area contributed by atoms with Crippen molar-refractivity contribution in [3.8, 4) is 5.75 Å². The van der Waals surface area contributed by atoms with Gasteiger partial charge in [0.15, 0.2) is 11.4 Å². The molecule has 0 saturated heterocycles. The molecule has 0 saturated carbocycles. The summed E-state index contributed by atoms with van der Waals surface area (Å²) in [6.07, 6.45) is 3.72. The van der Waals surface area contributed by atoms with Crippen LogP contribution in [0.25, 0.3) is 6.08 Å². The highest BCUT2D eigenvalue weighted by atomic mass is 16.6. The van der Waals surface area contributed by atoms with Crippen LogP contribution >= 0.6 is 0 Å². The molecule has 0 aromatic heterocycles. The molecule has 1 atom stereocenters. The zero-order chi connectivity index (χ0) is 14.0. The van der Waals surface area contributed by atoms with Crippen LogP contribution in [0.5, 0.6) is 5.75 Å². The van der Waals surface area contributed by atoms with Crippen LogP contribution in [0.3, 0.4) is 0 Å². The predicted octanol–water partition coefficient (Wildman–Crippen LogP) is 2.62. The zero-order valence-electron chi connectivity index (χ0n) is 11.2. The summed E-state index contributed by atoms with van der Waals surface area (Å²) in [5.41, 5.74) is 0.833. The molecule has 1 aromatic rings. The minimum atomic E-state index is -0.670. The van der Waals surface area contributed by atoms with E-state index in [0.29, 0.717) is 11.3 Å². The molecule has 1 aromatic carbocycles. The molecule has 1 aliphatic rings. The van der Waals surface area contributed by atoms with Crippen LogP contribution in [0.1, 0.15) is 36.7 Å². The van der Waals surface area contributed by atoms with E-state index in [1.54, 1.807) is 18.2 Å². The molecule has 0 fully saturated rings. The number of rotatable bonds is 3. The van der Waals surface area contributed by atoms with Crippen molar-refractivity contribution in [3.05, 3.63) is 35.4 Å². The van der Waals surface area contributed by atoms with Crippen LogP contribution in [0.4, 0.5) is 0 Å². The molecule has 0 bridgehead atoms. The summed E-state index contributed by atoms with van der Waals surface area (Å²) in [4.78, 5) is 22.2. The van der Waals surface area contributed by atoms with E-state index < -0.39 is 5.60 Å². The minimum Gasteiger partial charge on any atom is -0.479 e. The van der Waals surface area contributed by atoms with Crippen LogP contribution < -0.4 is 4.74 Å². The van der Waals surface area contributed by atoms with Crippen molar-refractivity contribution in [1.29, 1.82) is 0 Å². The summed E-state index contributed by atoms with van der Waals surface area (Å²) in [7, 11) is 0. The summed E-state index contributed by atoms with van der Waals surface area (Å²) < 4.78 is 10.8. The van der Waals surface area contributed by atoms with Gasteiger partial charge in [0.2, 0.25) is 0 Å². The fraction of sp³-hybridized carbons (Fsp3) is 0.333. The molecule has 1 heterocycles. The second-order valence-electron chi connectivity index (χ2n) is 4.84. The fourth-order valence-electron chi connectivity index (χ4n) is 1.86. The standard InChI is InChI=1S/C15H16O4/c1-10(16)12-4-5-14-13(8-12)6-7-15(3,19-14)9-18-11(2)17/h4-8H,9H2,1-3H3. The molecule has 1 unspecified atom stereocenters. The monoisotopic (exact) mass is 260 g/mol. The number of hydrogen-bond acceptors (Lipinski definition) is 4. The fourth-order valence-corrected chi connectivity index (χ4v) is 1.86. The van der Waals surface area contributed by atoms with Gasteiger partial charge in [-0.15, -0.1) is 0 Å². The van der Waals surface area contributed by atoms with Crippen LogP contribution in [0, 0.1) is 0 Å². The van der Waals surface area contributed by atoms with Gasteiger partial charge in [-0.05, 0) is 38.1 Å². The largest absolute Gasteiger partial charge is 0.479 e. The maximum atomic E-state index is 11.3. The lowest BCUT2D eigenvalue weighted by atomic mass is 9.99. The van der Waals surface area contributed by atoms with Gasteiger partial charge >= 0.3 is 5.97 Å². The summed E-state index contributed by atoms with van der Waals surface area (Å²) in [6, 6.07) is 5.29. The normalized spacial score (nSPS) is 20.4. The van der Waals surface area contributed by atoms with Crippen molar-refractivity contribution in [3.63, 3.8) is 0 Å². The Morgan fingerprint density at radius 2 is 2.05 bits per heavy atom. The quantitative estimate of drug-likeness (QED) is 0.619. The van der Waals surface area contributed by atoms with Crippen molar-refractivity contribution in [2.45, 2.75) is 26.4 Å². The van der Waals surface area contributed by atoms with Crippen LogP contribution in [-0.2, 0) is 9.53 Å². The van der Waals surface area contributed by atoms with E-state index in [9.17, 15) is 9.59 Å². The van der Waals surface area contributed by atoms with Crippen molar-refractivity contribution < 1.29 is 19.1 Å². The maximum Gasteiger partial charge on any atom is 0.302 e. The Kier molecular flexibility index (Phi) is 3.42. The van der Waals surface area contributed by atoms with Crippen LogP contribution in [0.15, 0.2) is 24.3 Å². The molecule has 100 valence electrons. The molecule has 0 aliphatic carbocycles. The Bertz CT molecular complexity index is 559. The number of carbonyl (C=O) groups is 2. The van der Waals surface area contributed by atoms with Gasteiger partial charge in [0.1, 0.15) is 12.4 Å². The van der Waals surface area contributed by atoms with Gasteiger partial charge < -0.3 is 9.47 Å². The molecular weight excluding hydrogens is 244 g/mol. The summed E-state index contributed by atoms with van der Waals surface area (Å²) >= 11 is 0. The van der Waals surface area contributed by atoms with Gasteiger partial charge in [-0.25, -0.2) is 0 Å². The van der Waals surface area contributed by atoms with Crippen molar-refractivity contribution in [1.82, 2.24) is 0 Å². The molecule has 19 heavy (non-hydrogen) atoms. The van der Waals surface area contributed by atoms with E-state index in [4.69, 9.17) is 9.47 Å². The number of ketones is 1. The molecule has 1 aliphatic heterocycles. The number of hydrogen-bond donors (Lipinski definition) is 0. The number of Topliss-reactive ketones (excluding diaryl/α,β-unsaturated/α-hetero) is 1. The molecule has 0 amide bonds. The third kappa shape index (κ3) is 3.02. The molecule has 4 heteroatoms. The van der Waals surface area contributed by atoms with Gasteiger partial charge in [-0.2, -0.15) is 0 Å². The molecule has 0 spiro atoms. The highest BCUT2D eigenvalue weighted by Gasteiger charge is 2.29. The van der Waals surface area contributed by atoms with Crippen molar-refractivity contribution in [2.75, 3.05) is 6.61 Å². The number of benzene rings is 1. The zero-order valence-corrected chi connectivity index (χ0v) is 11.2. The van der Waals surface area contributed by atoms with E-state index in [-0.39, 0.29) is 18.4 Å². The maximum absolute atomic E-state index is 11.3. The Morgan fingerprint density at radius 1 is 1.32 bits per heavy atom. The highest BCUT2D eigenvalue weighted by Crippen LogP contribution is 2.31. The summed E-state index contributed by atoms with van der Waals surface area (Å²) in [6.45, 7) is 4.89. The third-order valence-corrected chi connectivity index (χ3v) is 2.94. The lowest BCUT2D eigenvalue weighted by molar-refractivity contribution is -0.145. The first-order valence-electron chi connectivity index (χ1n) is 6.06. The smallest absolute Gasteiger partial charge is 0.302 e. The SMILES string of the molecule is CC(=O)OCC1(C)C=Cc2cc(C(C)=O)ccc2O1. The number of ether oxygens (including phenoxy) is 2. The first kappa shape index (κ1) is 13.3. The Labute approximate surface area is 112 Å². The van der Waals surface area contributed by atoms with Gasteiger partial charge in [0.25, 0.3) is 0 Å². The van der Waals surface area contributed by atoms with E-state index in [2.05, 4.69) is 0 Å². The number of carbonyl (C=O) groups excluding carboxylic acids is 2. The van der Waals surface area contributed by atoms with Gasteiger partial charge in [0, 0.05) is 18.1 Å². The van der Waals surface area contributed by atoms with E-state index in [1.165, 1.54) is 13.8 Å². The van der Waals surface area contributed by atoms with Crippen molar-refractivity contribution in [2.24, 2.45) is 0 Å². The van der Waals surface area contributed by atoms with Gasteiger partial charge in [-0.1, -0.05) is 6.08 Å². The first-order chi connectivity index (χ1) is 8.89. The Balaban J connectivity index is 2.22. The van der Waals surface area contributed by atoms with Gasteiger partial charge in [-0.3, -0.25) is 9.59 Å². The van der Waals surface area contributed by atoms with Gasteiger partial charge in [0.05, 0.1) is 0 Å². The number of esters is 1. The molecule has 2 rings (SSSR count). The van der Waals surface area contributed by atoms with Crippen LogP contribution in [-0.4, -0.2) is 24.0 Å². The average molecular weight is 260 g/mol. The first-order valence-corrected chi connectivity index (χ1v) is 6.06. The van der Waals surface area contributed by atoms with E-state index >= 15 is 0 Å². The minimum absolute atomic E-state index is 0.0180.